The van der Waals surface area contributed by atoms with Gasteiger partial charge in [-0.25, -0.2) is 4.68 Å². The molecular formula is C21H27N3O. The third kappa shape index (κ3) is 4.01. The van der Waals surface area contributed by atoms with Crippen molar-refractivity contribution >= 4 is 11.0 Å². The van der Waals surface area contributed by atoms with Crippen LogP contribution in [0.25, 0.3) is 22.2 Å². The average Bonchev–Trinajstić information content (AvgIpc) is 3.01. The topological polar surface area (TPSA) is 50.9 Å². The van der Waals surface area contributed by atoms with Crippen LogP contribution in [0.4, 0.5) is 0 Å². The van der Waals surface area contributed by atoms with Crippen molar-refractivity contribution in [3.05, 3.63) is 42.0 Å². The lowest BCUT2D eigenvalue weighted by atomic mass is 9.98. The van der Waals surface area contributed by atoms with Gasteiger partial charge in [0.25, 0.3) is 0 Å². The van der Waals surface area contributed by atoms with Gasteiger partial charge >= 0.3 is 0 Å². The van der Waals surface area contributed by atoms with E-state index in [0.29, 0.717) is 5.75 Å². The zero-order valence-electron chi connectivity index (χ0n) is 15.2. The summed E-state index contributed by atoms with van der Waals surface area (Å²) < 4.78 is 1.76. The highest BCUT2D eigenvalue weighted by atomic mass is 16.3. The molecule has 0 saturated carbocycles. The van der Waals surface area contributed by atoms with Crippen LogP contribution in [0.5, 0.6) is 5.75 Å². The number of fused-ring (bicyclic) bond motifs is 1. The fraction of sp³-hybridized carbons (Fsp3) is 0.429. The number of unbranched alkanes of at least 4 members (excludes halogenated alkanes) is 5. The molecule has 3 rings (SSSR count). The van der Waals surface area contributed by atoms with Crippen LogP contribution in [-0.2, 0) is 13.5 Å². The first-order valence-corrected chi connectivity index (χ1v) is 9.31. The average molecular weight is 337 g/mol. The number of phenols is 1. The van der Waals surface area contributed by atoms with Crippen molar-refractivity contribution in [2.45, 2.75) is 51.9 Å². The van der Waals surface area contributed by atoms with Gasteiger partial charge in [0.15, 0.2) is 0 Å². The van der Waals surface area contributed by atoms with E-state index in [-0.39, 0.29) is 0 Å². The van der Waals surface area contributed by atoms with Crippen LogP contribution in [0.1, 0.15) is 51.0 Å². The van der Waals surface area contributed by atoms with Gasteiger partial charge in [0, 0.05) is 18.2 Å². The monoisotopic (exact) mass is 337 g/mol. The van der Waals surface area contributed by atoms with Gasteiger partial charge in [-0.1, -0.05) is 62.4 Å². The highest BCUT2D eigenvalue weighted by Crippen LogP contribution is 2.34. The summed E-state index contributed by atoms with van der Waals surface area (Å²) in [6.45, 7) is 2.25. The molecule has 1 aromatic heterocycles. The van der Waals surface area contributed by atoms with E-state index in [1.54, 1.807) is 10.7 Å². The summed E-state index contributed by atoms with van der Waals surface area (Å²) >= 11 is 0. The highest BCUT2D eigenvalue weighted by molar-refractivity contribution is 5.93. The third-order valence-corrected chi connectivity index (χ3v) is 4.81. The number of aryl methyl sites for hydroxylation is 2. The smallest absolute Gasteiger partial charge is 0.123 e. The van der Waals surface area contributed by atoms with Crippen molar-refractivity contribution in [3.8, 4) is 16.9 Å². The molecule has 0 bridgehead atoms. The molecule has 0 atom stereocenters. The molecular weight excluding hydrogens is 310 g/mol. The van der Waals surface area contributed by atoms with Crippen molar-refractivity contribution in [2.75, 3.05) is 0 Å². The van der Waals surface area contributed by atoms with Gasteiger partial charge in [-0.15, -0.1) is 5.10 Å². The molecule has 0 radical (unpaired) electrons. The first-order valence-electron chi connectivity index (χ1n) is 9.31. The number of nitrogens with zero attached hydrogens (tertiary/aromatic N) is 3. The Morgan fingerprint density at radius 3 is 2.60 bits per heavy atom. The maximum Gasteiger partial charge on any atom is 0.123 e. The van der Waals surface area contributed by atoms with Crippen molar-refractivity contribution < 1.29 is 5.11 Å². The summed E-state index contributed by atoms with van der Waals surface area (Å²) in [6.07, 6.45) is 8.81. The fourth-order valence-electron chi connectivity index (χ4n) is 3.34. The molecule has 1 N–H and O–H groups in total. The zero-order chi connectivity index (χ0) is 17.6. The molecule has 0 fully saturated rings. The van der Waals surface area contributed by atoms with E-state index in [2.05, 4.69) is 23.3 Å². The molecule has 0 amide bonds. The molecule has 2 aromatic carbocycles. The molecule has 0 saturated heterocycles. The van der Waals surface area contributed by atoms with Gasteiger partial charge < -0.3 is 5.11 Å². The number of benzene rings is 2. The first kappa shape index (κ1) is 17.5. The molecule has 132 valence electrons. The summed E-state index contributed by atoms with van der Waals surface area (Å²) in [5.41, 5.74) is 4.85. The molecule has 1 heterocycles. The van der Waals surface area contributed by atoms with E-state index in [1.807, 2.05) is 31.3 Å². The lowest BCUT2D eigenvalue weighted by Crippen LogP contribution is -1.90. The Hall–Kier alpha value is -2.36. The summed E-state index contributed by atoms with van der Waals surface area (Å²) in [7, 11) is 1.88. The van der Waals surface area contributed by atoms with Gasteiger partial charge in [-0.3, -0.25) is 0 Å². The van der Waals surface area contributed by atoms with Crippen LogP contribution in [-0.4, -0.2) is 20.1 Å². The number of hydrogen-bond acceptors (Lipinski definition) is 3. The van der Waals surface area contributed by atoms with Gasteiger partial charge in [0.05, 0.1) is 5.52 Å². The molecule has 0 aliphatic carbocycles. The molecule has 0 aliphatic rings. The molecule has 3 aromatic rings. The van der Waals surface area contributed by atoms with Gasteiger partial charge in [0.2, 0.25) is 0 Å². The Morgan fingerprint density at radius 1 is 0.960 bits per heavy atom. The molecule has 0 aliphatic heterocycles. The third-order valence-electron chi connectivity index (χ3n) is 4.81. The van der Waals surface area contributed by atoms with E-state index < -0.39 is 0 Å². The maximum atomic E-state index is 10.4. The Kier molecular flexibility index (Phi) is 5.69. The van der Waals surface area contributed by atoms with Crippen molar-refractivity contribution in [1.82, 2.24) is 15.0 Å². The molecule has 4 heteroatoms. The van der Waals surface area contributed by atoms with E-state index in [1.165, 1.54) is 44.1 Å². The summed E-state index contributed by atoms with van der Waals surface area (Å²) in [6, 6.07) is 11.9. The number of hydrogen-bond donors (Lipinski definition) is 1. The predicted octanol–water partition coefficient (Wildman–Crippen LogP) is 5.24. The van der Waals surface area contributed by atoms with Gasteiger partial charge in [-0.2, -0.15) is 0 Å². The number of aromatic nitrogens is 3. The van der Waals surface area contributed by atoms with Crippen LogP contribution in [0.15, 0.2) is 36.4 Å². The minimum absolute atomic E-state index is 0.296. The Bertz CT molecular complexity index is 838. The van der Waals surface area contributed by atoms with Crippen LogP contribution in [0.3, 0.4) is 0 Å². The van der Waals surface area contributed by atoms with E-state index in [4.69, 9.17) is 0 Å². The van der Waals surface area contributed by atoms with Gasteiger partial charge in [0.1, 0.15) is 11.3 Å². The summed E-state index contributed by atoms with van der Waals surface area (Å²) in [5, 5.41) is 18.7. The number of aromatic hydroxyl groups is 1. The highest BCUT2D eigenvalue weighted by Gasteiger charge is 2.12. The Morgan fingerprint density at radius 2 is 1.76 bits per heavy atom. The largest absolute Gasteiger partial charge is 0.507 e. The molecule has 4 nitrogen and oxygen atoms in total. The number of rotatable bonds is 8. The first-order chi connectivity index (χ1) is 12.2. The lowest BCUT2D eigenvalue weighted by Gasteiger charge is -2.09. The standard InChI is InChI=1S/C21H27N3O/c1-3-4-5-6-7-8-10-16-13-14-20(25)18(15-16)17-11-9-12-19-21(17)22-23-24(19)2/h9,11-15,25H,3-8,10H2,1-2H3. The maximum absolute atomic E-state index is 10.4. The van der Waals surface area contributed by atoms with Crippen molar-refractivity contribution in [1.29, 1.82) is 0 Å². The second-order valence-corrected chi connectivity index (χ2v) is 6.76. The predicted molar refractivity (Wildman–Crippen MR) is 103 cm³/mol. The normalized spacial score (nSPS) is 11.3. The quantitative estimate of drug-likeness (QED) is 0.572. The fourth-order valence-corrected chi connectivity index (χ4v) is 3.34. The van der Waals surface area contributed by atoms with Gasteiger partial charge in [-0.05, 0) is 36.6 Å². The van der Waals surface area contributed by atoms with Crippen molar-refractivity contribution in [3.63, 3.8) is 0 Å². The van der Waals surface area contributed by atoms with E-state index in [9.17, 15) is 5.11 Å². The Labute approximate surface area is 149 Å². The second-order valence-electron chi connectivity index (χ2n) is 6.76. The van der Waals surface area contributed by atoms with Crippen LogP contribution in [0, 0.1) is 0 Å². The van der Waals surface area contributed by atoms with Crippen LogP contribution in [0.2, 0.25) is 0 Å². The van der Waals surface area contributed by atoms with Crippen LogP contribution < -0.4 is 0 Å². The molecule has 25 heavy (non-hydrogen) atoms. The summed E-state index contributed by atoms with van der Waals surface area (Å²) in [5.74, 6) is 0.296. The summed E-state index contributed by atoms with van der Waals surface area (Å²) in [4.78, 5) is 0. The minimum Gasteiger partial charge on any atom is -0.507 e. The van der Waals surface area contributed by atoms with E-state index in [0.717, 1.165) is 28.6 Å². The van der Waals surface area contributed by atoms with E-state index >= 15 is 0 Å². The van der Waals surface area contributed by atoms with Crippen LogP contribution >= 0.6 is 0 Å². The minimum atomic E-state index is 0.296. The SMILES string of the molecule is CCCCCCCCc1ccc(O)c(-c2cccc3c2nnn3C)c1. The zero-order valence-corrected chi connectivity index (χ0v) is 15.2. The van der Waals surface area contributed by atoms with Crippen molar-refractivity contribution in [2.24, 2.45) is 7.05 Å². The second kappa shape index (κ2) is 8.15. The Balaban J connectivity index is 1.77. The molecule has 0 unspecified atom stereocenters. The lowest BCUT2D eigenvalue weighted by molar-refractivity contribution is 0.477. The number of phenolic OH excluding ortho intramolecular Hbond substituents is 1. The molecule has 0 spiro atoms.